The number of benzene rings is 3. The van der Waals surface area contributed by atoms with Crippen LogP contribution in [0.25, 0.3) is 6.08 Å². The number of aliphatic hydroxyl groups is 1. The van der Waals surface area contributed by atoms with Crippen LogP contribution in [0.1, 0.15) is 76.9 Å². The molecule has 0 bridgehead atoms. The summed E-state index contributed by atoms with van der Waals surface area (Å²) < 4.78 is 63.3. The normalized spacial score (nSPS) is 27.0. The first-order chi connectivity index (χ1) is 24.6. The average Bonchev–Trinajstić information content (AvgIpc) is 3.65. The molecule has 3 N–H and O–H groups in total. The molecular weight excluding hydrogens is 683 g/mol. The van der Waals surface area contributed by atoms with Crippen LogP contribution in [0.3, 0.4) is 0 Å². The summed E-state index contributed by atoms with van der Waals surface area (Å²) in [4.78, 5) is 30.0. The summed E-state index contributed by atoms with van der Waals surface area (Å²) >= 11 is 0. The van der Waals surface area contributed by atoms with Gasteiger partial charge in [-0.1, -0.05) is 12.1 Å². The molecule has 11 nitrogen and oxygen atoms in total. The van der Waals surface area contributed by atoms with Crippen molar-refractivity contribution in [2.24, 2.45) is 0 Å². The van der Waals surface area contributed by atoms with Gasteiger partial charge in [0.2, 0.25) is 12.7 Å². The van der Waals surface area contributed by atoms with Crippen molar-refractivity contribution in [3.05, 3.63) is 80.9 Å². The van der Waals surface area contributed by atoms with Crippen LogP contribution in [0.4, 0.5) is 13.2 Å². The number of carbonyl (C=O) groups is 2. The molecule has 52 heavy (non-hydrogen) atoms. The number of nitrogens with one attached hydrogen (secondary N) is 1. The van der Waals surface area contributed by atoms with Gasteiger partial charge in [-0.2, -0.15) is 13.2 Å². The van der Waals surface area contributed by atoms with Gasteiger partial charge < -0.3 is 34.5 Å². The molecule has 0 radical (unpaired) electrons. The predicted octanol–water partition coefficient (Wildman–Crippen LogP) is 5.16. The number of ether oxygens (including phenoxy) is 4. The van der Waals surface area contributed by atoms with Gasteiger partial charge in [0.15, 0.2) is 23.0 Å². The Hall–Kier alpha value is -4.79. The molecule has 14 heteroatoms. The number of aromatic hydroxyl groups is 1. The lowest BCUT2D eigenvalue weighted by atomic mass is 9.72. The number of nitrogens with zero attached hydrogens (tertiary/aromatic N) is 2. The Balaban J connectivity index is 1.23. The molecule has 2 saturated heterocycles. The van der Waals surface area contributed by atoms with E-state index in [-0.39, 0.29) is 37.1 Å². The summed E-state index contributed by atoms with van der Waals surface area (Å²) in [6.07, 6.45) is -2.20. The van der Waals surface area contributed by atoms with Gasteiger partial charge in [0.25, 0.3) is 0 Å². The second-order valence-corrected chi connectivity index (χ2v) is 14.3. The van der Waals surface area contributed by atoms with Crippen LogP contribution in [-0.4, -0.2) is 70.6 Å². The van der Waals surface area contributed by atoms with Gasteiger partial charge >= 0.3 is 12.1 Å². The summed E-state index contributed by atoms with van der Waals surface area (Å²) in [6.45, 7) is 6.92. The highest BCUT2D eigenvalue weighted by Crippen LogP contribution is 2.67. The third-order valence-electron chi connectivity index (χ3n) is 11.4. The Labute approximate surface area is 297 Å². The summed E-state index contributed by atoms with van der Waals surface area (Å²) in [7, 11) is 1.51. The molecule has 3 aromatic carbocycles. The molecule has 3 aromatic rings. The van der Waals surface area contributed by atoms with Crippen LogP contribution in [-0.2, 0) is 27.7 Å². The Morgan fingerprint density at radius 2 is 1.87 bits per heavy atom. The quantitative estimate of drug-likeness (QED) is 0.178. The van der Waals surface area contributed by atoms with E-state index in [0.717, 1.165) is 29.3 Å². The maximum atomic E-state index is 13.3. The first-order valence-electron chi connectivity index (χ1n) is 17.1. The van der Waals surface area contributed by atoms with E-state index in [9.17, 15) is 33.0 Å². The maximum Gasteiger partial charge on any atom is 0.416 e. The van der Waals surface area contributed by atoms with Crippen molar-refractivity contribution in [1.29, 1.82) is 0 Å². The average molecular weight is 722 g/mol. The molecule has 0 saturated carbocycles. The highest BCUT2D eigenvalue weighted by Gasteiger charge is 2.68. The largest absolute Gasteiger partial charge is 0.504 e. The van der Waals surface area contributed by atoms with Crippen LogP contribution >= 0.6 is 0 Å². The number of aryl methyl sites for hydroxylation is 1. The van der Waals surface area contributed by atoms with Crippen molar-refractivity contribution in [2.75, 3.05) is 20.4 Å². The Morgan fingerprint density at radius 1 is 1.12 bits per heavy atom. The molecule has 5 heterocycles. The minimum atomic E-state index is -4.53. The fourth-order valence-corrected chi connectivity index (χ4v) is 9.38. The standard InChI is InChI=1S/C38H38F3N3O8/c1-17-11-23-29(31(47)32(17)49-5)30-24-13-22-28(35-34(50-16-51-35)18(2)33(22)52-19(3)45)26(43(24)36(48)25-14-37(23,4)44(25)30)15-42-27(46)10-9-20-7-6-8-21(12-20)38(39,40)41/h6-12,24-26,30,36,47-48H,13-16H2,1-5H3,(H,42,46)/b10-9+/t24-,25-,26-,30-,36-,37?/m0/s1. The smallest absolute Gasteiger partial charge is 0.416 e. The number of phenols is 1. The van der Waals surface area contributed by atoms with Gasteiger partial charge in [-0.25, -0.2) is 0 Å². The number of hydrogen-bond acceptors (Lipinski definition) is 10. The van der Waals surface area contributed by atoms with E-state index in [0.29, 0.717) is 51.7 Å². The SMILES string of the molecule is COc1c(C)cc2c(c1O)[C@@H]1[C@@H]3Cc4c(OC(C)=O)c(C)c5c(c4[C@H](CNC(=O)/C=C/c4cccc(C(F)(F)F)c4)N3[C@@H](O)[C@@H]3CC2(C)N13)OCO5. The molecule has 0 spiro atoms. The Kier molecular flexibility index (Phi) is 7.83. The van der Waals surface area contributed by atoms with Crippen LogP contribution in [0.2, 0.25) is 0 Å². The van der Waals surface area contributed by atoms with Crippen molar-refractivity contribution in [3.8, 4) is 28.7 Å². The zero-order valence-electron chi connectivity index (χ0n) is 29.1. The van der Waals surface area contributed by atoms with Crippen molar-refractivity contribution < 1.29 is 51.9 Å². The molecule has 1 amide bonds. The van der Waals surface area contributed by atoms with Crippen molar-refractivity contribution >= 4 is 18.0 Å². The van der Waals surface area contributed by atoms with Crippen LogP contribution in [0.5, 0.6) is 28.7 Å². The summed E-state index contributed by atoms with van der Waals surface area (Å²) in [5.41, 5.74) is 3.15. The number of carbonyl (C=O) groups excluding carboxylic acids is 2. The highest BCUT2D eigenvalue weighted by atomic mass is 19.4. The van der Waals surface area contributed by atoms with Crippen molar-refractivity contribution in [2.45, 2.75) is 82.6 Å². The van der Waals surface area contributed by atoms with E-state index in [4.69, 9.17) is 18.9 Å². The third kappa shape index (κ3) is 4.91. The lowest BCUT2D eigenvalue weighted by Gasteiger charge is -2.65. The second-order valence-electron chi connectivity index (χ2n) is 14.3. The predicted molar refractivity (Wildman–Crippen MR) is 180 cm³/mol. The fraction of sp³-hybridized carbons (Fsp3) is 0.421. The minimum Gasteiger partial charge on any atom is -0.504 e. The lowest BCUT2D eigenvalue weighted by Crippen LogP contribution is -2.75. The van der Waals surface area contributed by atoms with E-state index >= 15 is 0 Å². The molecule has 8 rings (SSSR count). The molecule has 6 atom stereocenters. The van der Waals surface area contributed by atoms with Gasteiger partial charge in [-0.05, 0) is 74.6 Å². The molecule has 274 valence electrons. The number of rotatable bonds is 6. The van der Waals surface area contributed by atoms with Crippen LogP contribution < -0.4 is 24.3 Å². The van der Waals surface area contributed by atoms with Crippen molar-refractivity contribution in [1.82, 2.24) is 15.1 Å². The van der Waals surface area contributed by atoms with E-state index in [2.05, 4.69) is 17.1 Å². The highest BCUT2D eigenvalue weighted by molar-refractivity contribution is 5.91. The molecule has 5 aliphatic heterocycles. The van der Waals surface area contributed by atoms with Gasteiger partial charge in [-0.3, -0.25) is 19.4 Å². The molecule has 2 fully saturated rings. The lowest BCUT2D eigenvalue weighted by molar-refractivity contribution is -0.244. The fourth-order valence-electron chi connectivity index (χ4n) is 9.38. The number of alkyl halides is 3. The number of hydrogen-bond donors (Lipinski definition) is 3. The summed E-state index contributed by atoms with van der Waals surface area (Å²) in [6, 6.07) is 4.71. The number of piperazine rings is 1. The summed E-state index contributed by atoms with van der Waals surface area (Å²) in [5.74, 6) is 0.398. The van der Waals surface area contributed by atoms with E-state index in [1.807, 2.05) is 17.9 Å². The van der Waals surface area contributed by atoms with Crippen LogP contribution in [0, 0.1) is 13.8 Å². The number of fused-ring (bicyclic) bond motifs is 8. The zero-order chi connectivity index (χ0) is 37.0. The first-order valence-corrected chi connectivity index (χ1v) is 17.1. The molecule has 5 aliphatic rings. The van der Waals surface area contributed by atoms with E-state index in [1.165, 1.54) is 32.2 Å². The number of esters is 1. The van der Waals surface area contributed by atoms with Gasteiger partial charge in [0.05, 0.1) is 30.8 Å². The molecule has 0 aliphatic carbocycles. The second kappa shape index (κ2) is 11.9. The number of methoxy groups -OCH3 is 1. The number of halogens is 3. The number of amides is 1. The Morgan fingerprint density at radius 3 is 2.58 bits per heavy atom. The van der Waals surface area contributed by atoms with E-state index < -0.39 is 53.5 Å². The van der Waals surface area contributed by atoms with Crippen LogP contribution in [0.15, 0.2) is 36.4 Å². The van der Waals surface area contributed by atoms with Gasteiger partial charge in [0.1, 0.15) is 12.0 Å². The zero-order valence-corrected chi connectivity index (χ0v) is 29.1. The van der Waals surface area contributed by atoms with E-state index in [1.54, 1.807) is 6.92 Å². The maximum absolute atomic E-state index is 13.3. The Bertz CT molecular complexity index is 2070. The molecular formula is C38H38F3N3O8. The molecule has 1 unspecified atom stereocenters. The molecule has 0 aromatic heterocycles. The van der Waals surface area contributed by atoms with Gasteiger partial charge in [0, 0.05) is 53.4 Å². The topological polar surface area (TPSA) is 130 Å². The van der Waals surface area contributed by atoms with Crippen molar-refractivity contribution in [3.63, 3.8) is 0 Å². The van der Waals surface area contributed by atoms with Gasteiger partial charge in [-0.15, -0.1) is 0 Å². The third-order valence-corrected chi connectivity index (χ3v) is 11.4. The monoisotopic (exact) mass is 721 g/mol. The first kappa shape index (κ1) is 34.3. The number of phenolic OH excluding ortho intramolecular Hbond substituents is 1. The minimum absolute atomic E-state index is 0.0330. The number of aliphatic hydroxyl groups excluding tert-OH is 1. The summed E-state index contributed by atoms with van der Waals surface area (Å²) in [5, 5.41) is 26.9.